The molecule has 0 saturated heterocycles. The van der Waals surface area contributed by atoms with Crippen LogP contribution in [0.2, 0.25) is 5.02 Å². The van der Waals surface area contributed by atoms with Gasteiger partial charge in [-0.3, -0.25) is 9.48 Å². The monoisotopic (exact) mass is 259 g/mol. The summed E-state index contributed by atoms with van der Waals surface area (Å²) in [5.41, 5.74) is 0. The molecular formula is C11H18ClN3O2. The molecule has 1 aromatic heterocycles. The number of nitrogens with one attached hydrogen (secondary N) is 1. The maximum atomic E-state index is 11.5. The van der Waals surface area contributed by atoms with Crippen molar-refractivity contribution in [2.75, 3.05) is 7.11 Å². The van der Waals surface area contributed by atoms with Crippen LogP contribution in [-0.2, 0) is 16.1 Å². The lowest BCUT2D eigenvalue weighted by molar-refractivity contribution is -0.143. The Morgan fingerprint density at radius 2 is 2.35 bits per heavy atom. The molecule has 1 heterocycles. The highest BCUT2D eigenvalue weighted by molar-refractivity contribution is 6.30. The first-order valence-corrected chi connectivity index (χ1v) is 5.92. The predicted octanol–water partition coefficient (Wildman–Crippen LogP) is 1.47. The van der Waals surface area contributed by atoms with E-state index in [1.165, 1.54) is 7.11 Å². The topological polar surface area (TPSA) is 56.2 Å². The fourth-order valence-corrected chi connectivity index (χ4v) is 1.69. The number of carbonyl (C=O) groups excluding carboxylic acids is 1. The fraction of sp³-hybridized carbons (Fsp3) is 0.636. The summed E-state index contributed by atoms with van der Waals surface area (Å²) in [7, 11) is 1.39. The van der Waals surface area contributed by atoms with Crippen LogP contribution in [0.25, 0.3) is 0 Å². The number of rotatable bonds is 6. The van der Waals surface area contributed by atoms with Crippen LogP contribution in [0, 0.1) is 0 Å². The normalized spacial score (nSPS) is 12.8. The van der Waals surface area contributed by atoms with E-state index in [1.807, 2.05) is 13.8 Å². The summed E-state index contributed by atoms with van der Waals surface area (Å²) in [6.45, 7) is 4.59. The number of hydrogen-bond donors (Lipinski definition) is 1. The standard InChI is InChI=1S/C11H18ClN3O2/c1-8(2)14-10(11(16)17-3)4-5-15-7-9(12)6-13-15/h6-8,10,14H,4-5H2,1-3H3. The number of esters is 1. The molecule has 1 aromatic rings. The van der Waals surface area contributed by atoms with Crippen molar-refractivity contribution in [3.8, 4) is 0 Å². The van der Waals surface area contributed by atoms with Crippen LogP contribution >= 0.6 is 11.6 Å². The van der Waals surface area contributed by atoms with Crippen molar-refractivity contribution in [3.05, 3.63) is 17.4 Å². The van der Waals surface area contributed by atoms with Crippen LogP contribution in [0.4, 0.5) is 0 Å². The molecule has 1 rings (SSSR count). The molecule has 0 aromatic carbocycles. The lowest BCUT2D eigenvalue weighted by Gasteiger charge is -2.18. The maximum absolute atomic E-state index is 11.5. The molecule has 1 atom stereocenters. The van der Waals surface area contributed by atoms with Crippen LogP contribution in [0.15, 0.2) is 12.4 Å². The van der Waals surface area contributed by atoms with Crippen molar-refractivity contribution < 1.29 is 9.53 Å². The zero-order valence-electron chi connectivity index (χ0n) is 10.3. The van der Waals surface area contributed by atoms with Crippen molar-refractivity contribution in [1.29, 1.82) is 0 Å². The van der Waals surface area contributed by atoms with Crippen LogP contribution in [0.1, 0.15) is 20.3 Å². The van der Waals surface area contributed by atoms with Gasteiger partial charge in [0.15, 0.2) is 0 Å². The van der Waals surface area contributed by atoms with Gasteiger partial charge >= 0.3 is 5.97 Å². The zero-order valence-corrected chi connectivity index (χ0v) is 11.1. The third kappa shape index (κ3) is 4.75. The van der Waals surface area contributed by atoms with E-state index in [1.54, 1.807) is 17.1 Å². The van der Waals surface area contributed by atoms with Gasteiger partial charge in [0, 0.05) is 18.8 Å². The van der Waals surface area contributed by atoms with E-state index in [-0.39, 0.29) is 18.1 Å². The number of methoxy groups -OCH3 is 1. The molecular weight excluding hydrogens is 242 g/mol. The van der Waals surface area contributed by atoms with E-state index in [9.17, 15) is 4.79 Å². The average molecular weight is 260 g/mol. The first-order chi connectivity index (χ1) is 8.02. The van der Waals surface area contributed by atoms with Crippen LogP contribution in [-0.4, -0.2) is 34.9 Å². The smallest absolute Gasteiger partial charge is 0.322 e. The first-order valence-electron chi connectivity index (χ1n) is 5.54. The Bertz CT molecular complexity index is 365. The minimum absolute atomic E-state index is 0.223. The summed E-state index contributed by atoms with van der Waals surface area (Å²) < 4.78 is 6.46. The van der Waals surface area contributed by atoms with Gasteiger partial charge in [0.25, 0.3) is 0 Å². The van der Waals surface area contributed by atoms with Crippen LogP contribution in [0.3, 0.4) is 0 Å². The second kappa shape index (κ2) is 6.61. The molecule has 0 aliphatic carbocycles. The van der Waals surface area contributed by atoms with Gasteiger partial charge in [-0.15, -0.1) is 0 Å². The Kier molecular flexibility index (Phi) is 5.44. The third-order valence-electron chi connectivity index (χ3n) is 2.27. The molecule has 0 saturated carbocycles. The molecule has 0 aliphatic rings. The van der Waals surface area contributed by atoms with E-state index >= 15 is 0 Å². The number of halogens is 1. The maximum Gasteiger partial charge on any atom is 0.322 e. The van der Waals surface area contributed by atoms with E-state index in [0.29, 0.717) is 18.0 Å². The molecule has 0 amide bonds. The Hall–Kier alpha value is -1.07. The molecule has 6 heteroatoms. The van der Waals surface area contributed by atoms with Gasteiger partial charge in [-0.25, -0.2) is 0 Å². The van der Waals surface area contributed by atoms with Crippen molar-refractivity contribution >= 4 is 17.6 Å². The highest BCUT2D eigenvalue weighted by atomic mass is 35.5. The molecule has 17 heavy (non-hydrogen) atoms. The quantitative estimate of drug-likeness (QED) is 0.786. The van der Waals surface area contributed by atoms with E-state index in [2.05, 4.69) is 10.4 Å². The van der Waals surface area contributed by atoms with E-state index in [4.69, 9.17) is 16.3 Å². The summed E-state index contributed by atoms with van der Waals surface area (Å²) in [4.78, 5) is 11.5. The summed E-state index contributed by atoms with van der Waals surface area (Å²) in [5.74, 6) is -0.253. The minimum atomic E-state index is -0.317. The molecule has 0 fully saturated rings. The minimum Gasteiger partial charge on any atom is -0.468 e. The average Bonchev–Trinajstić information content (AvgIpc) is 2.68. The Morgan fingerprint density at radius 1 is 1.65 bits per heavy atom. The van der Waals surface area contributed by atoms with Gasteiger partial charge in [-0.2, -0.15) is 5.10 Å². The highest BCUT2D eigenvalue weighted by Gasteiger charge is 2.19. The first kappa shape index (κ1) is 14.0. The number of nitrogens with zero attached hydrogens (tertiary/aromatic N) is 2. The van der Waals surface area contributed by atoms with E-state index in [0.717, 1.165) is 0 Å². The largest absolute Gasteiger partial charge is 0.468 e. The van der Waals surface area contributed by atoms with Crippen molar-refractivity contribution in [2.24, 2.45) is 0 Å². The summed E-state index contributed by atoms with van der Waals surface area (Å²) in [6.07, 6.45) is 3.92. The molecule has 0 spiro atoms. The number of aromatic nitrogens is 2. The SMILES string of the molecule is COC(=O)C(CCn1cc(Cl)cn1)NC(C)C. The fourth-order valence-electron chi connectivity index (χ4n) is 1.54. The molecule has 0 aliphatic heterocycles. The summed E-state index contributed by atoms with van der Waals surface area (Å²) in [6, 6.07) is -0.0942. The molecule has 0 radical (unpaired) electrons. The number of aryl methyl sites for hydroxylation is 1. The van der Waals surface area contributed by atoms with Crippen LogP contribution in [0.5, 0.6) is 0 Å². The second-order valence-electron chi connectivity index (χ2n) is 4.11. The molecule has 1 unspecified atom stereocenters. The van der Waals surface area contributed by atoms with Crippen molar-refractivity contribution in [3.63, 3.8) is 0 Å². The predicted molar refractivity (Wildman–Crippen MR) is 65.9 cm³/mol. The van der Waals surface area contributed by atoms with Gasteiger partial charge in [-0.1, -0.05) is 25.4 Å². The number of carbonyl (C=O) groups is 1. The number of ether oxygens (including phenoxy) is 1. The molecule has 1 N–H and O–H groups in total. The zero-order chi connectivity index (χ0) is 12.8. The van der Waals surface area contributed by atoms with Gasteiger partial charge in [-0.05, 0) is 6.42 Å². The Morgan fingerprint density at radius 3 is 2.82 bits per heavy atom. The lowest BCUT2D eigenvalue weighted by atomic mass is 10.2. The van der Waals surface area contributed by atoms with Gasteiger partial charge in [0.1, 0.15) is 6.04 Å². The van der Waals surface area contributed by atoms with Gasteiger partial charge in [0.05, 0.1) is 18.3 Å². The third-order valence-corrected chi connectivity index (χ3v) is 2.46. The molecule has 5 nitrogen and oxygen atoms in total. The van der Waals surface area contributed by atoms with E-state index < -0.39 is 0 Å². The van der Waals surface area contributed by atoms with Gasteiger partial charge in [0.2, 0.25) is 0 Å². The molecule has 96 valence electrons. The van der Waals surface area contributed by atoms with Crippen molar-refractivity contribution in [2.45, 2.75) is 38.9 Å². The van der Waals surface area contributed by atoms with Crippen LogP contribution < -0.4 is 5.32 Å². The summed E-state index contributed by atoms with van der Waals surface area (Å²) >= 11 is 5.76. The second-order valence-corrected chi connectivity index (χ2v) is 4.54. The highest BCUT2D eigenvalue weighted by Crippen LogP contribution is 2.06. The molecule has 0 bridgehead atoms. The Labute approximate surface area is 106 Å². The lowest BCUT2D eigenvalue weighted by Crippen LogP contribution is -2.42. The summed E-state index contributed by atoms with van der Waals surface area (Å²) in [5, 5.41) is 7.81. The van der Waals surface area contributed by atoms with Crippen molar-refractivity contribution in [1.82, 2.24) is 15.1 Å². The van der Waals surface area contributed by atoms with Gasteiger partial charge < -0.3 is 10.1 Å². The number of hydrogen-bond acceptors (Lipinski definition) is 4. The Balaban J connectivity index is 2.51.